The molecule has 4 nitrogen and oxygen atoms in total. The van der Waals surface area contributed by atoms with Crippen LogP contribution in [0.5, 0.6) is 0 Å². The minimum atomic E-state index is -1.47. The molecular formula is C12H26O4Si. The second-order valence-electron chi connectivity index (χ2n) is 4.43. The van der Waals surface area contributed by atoms with Crippen molar-refractivity contribution in [2.75, 3.05) is 33.0 Å². The molecule has 1 heterocycles. The van der Waals surface area contributed by atoms with Crippen LogP contribution in [0.25, 0.3) is 0 Å². The quantitative estimate of drug-likeness (QED) is 0.324. The van der Waals surface area contributed by atoms with Gasteiger partial charge in [0.15, 0.2) is 0 Å². The van der Waals surface area contributed by atoms with Crippen molar-refractivity contribution < 1.29 is 18.3 Å². The summed E-state index contributed by atoms with van der Waals surface area (Å²) in [6, 6.07) is 0. The summed E-state index contributed by atoms with van der Waals surface area (Å²) < 4.78 is 22.0. The zero-order valence-electron chi connectivity index (χ0n) is 11.3. The lowest BCUT2D eigenvalue weighted by Gasteiger charge is -2.21. The van der Waals surface area contributed by atoms with Crippen LogP contribution in [-0.2, 0) is 18.3 Å². The van der Waals surface area contributed by atoms with Crippen LogP contribution < -0.4 is 0 Å². The Morgan fingerprint density at radius 1 is 1.29 bits per heavy atom. The second kappa shape index (κ2) is 9.05. The third-order valence-electron chi connectivity index (χ3n) is 2.78. The average Bonchev–Trinajstić information content (AvgIpc) is 3.12. The van der Waals surface area contributed by atoms with Gasteiger partial charge in [-0.15, -0.1) is 0 Å². The van der Waals surface area contributed by atoms with Crippen LogP contribution in [0.1, 0.15) is 33.6 Å². The van der Waals surface area contributed by atoms with Gasteiger partial charge in [-0.1, -0.05) is 6.92 Å². The zero-order chi connectivity index (χ0) is 12.5. The number of epoxide rings is 1. The summed E-state index contributed by atoms with van der Waals surface area (Å²) in [5.74, 6) is 0. The maximum Gasteiger partial charge on any atom is 0.324 e. The van der Waals surface area contributed by atoms with Crippen molar-refractivity contribution >= 4 is 9.28 Å². The molecule has 0 aliphatic carbocycles. The zero-order valence-corrected chi connectivity index (χ0v) is 12.5. The predicted molar refractivity (Wildman–Crippen MR) is 69.6 cm³/mol. The van der Waals surface area contributed by atoms with Crippen molar-refractivity contribution in [1.82, 2.24) is 0 Å². The first-order valence-corrected chi connectivity index (χ1v) is 8.31. The summed E-state index contributed by atoms with van der Waals surface area (Å²) in [6.45, 7) is 10.3. The molecule has 1 fully saturated rings. The van der Waals surface area contributed by atoms with Gasteiger partial charge in [-0.2, -0.15) is 0 Å². The van der Waals surface area contributed by atoms with Crippen LogP contribution in [0.4, 0.5) is 0 Å². The van der Waals surface area contributed by atoms with Crippen LogP contribution in [0.2, 0.25) is 5.54 Å². The van der Waals surface area contributed by atoms with Crippen molar-refractivity contribution in [2.24, 2.45) is 0 Å². The summed E-state index contributed by atoms with van der Waals surface area (Å²) in [6.07, 6.45) is 2.58. The highest BCUT2D eigenvalue weighted by Crippen LogP contribution is 2.18. The number of hydrogen-bond donors (Lipinski definition) is 0. The molecule has 2 atom stereocenters. The molecule has 0 saturated carbocycles. The van der Waals surface area contributed by atoms with Gasteiger partial charge in [0.05, 0.1) is 13.2 Å². The van der Waals surface area contributed by atoms with Crippen molar-refractivity contribution in [3.8, 4) is 0 Å². The third-order valence-corrected chi connectivity index (χ3v) is 5.37. The first kappa shape index (κ1) is 15.1. The number of hydrogen-bond acceptors (Lipinski definition) is 4. The molecule has 2 unspecified atom stereocenters. The minimum Gasteiger partial charge on any atom is -0.397 e. The maximum absolute atomic E-state index is 5.71. The molecule has 1 aliphatic rings. The Labute approximate surface area is 106 Å². The van der Waals surface area contributed by atoms with E-state index >= 15 is 0 Å². The van der Waals surface area contributed by atoms with E-state index in [0.29, 0.717) is 11.6 Å². The van der Waals surface area contributed by atoms with E-state index in [1.807, 2.05) is 13.8 Å². The molecule has 5 heteroatoms. The van der Waals surface area contributed by atoms with Gasteiger partial charge in [-0.05, 0) is 32.2 Å². The molecule has 0 aromatic rings. The molecule has 1 rings (SSSR count). The highest BCUT2D eigenvalue weighted by atomic mass is 28.3. The van der Waals surface area contributed by atoms with Gasteiger partial charge in [0.1, 0.15) is 6.10 Å². The molecule has 0 aromatic heterocycles. The maximum atomic E-state index is 5.71. The summed E-state index contributed by atoms with van der Waals surface area (Å²) in [7, 11) is -1.47. The molecule has 1 aliphatic heterocycles. The van der Waals surface area contributed by atoms with Crippen LogP contribution >= 0.6 is 0 Å². The highest BCUT2D eigenvalue weighted by molar-refractivity contribution is 6.46. The molecule has 102 valence electrons. The smallest absolute Gasteiger partial charge is 0.324 e. The second-order valence-corrected chi connectivity index (χ2v) is 6.97. The Bertz CT molecular complexity index is 181. The van der Waals surface area contributed by atoms with Crippen molar-refractivity contribution in [1.29, 1.82) is 0 Å². The highest BCUT2D eigenvalue weighted by Gasteiger charge is 2.23. The average molecular weight is 262 g/mol. The van der Waals surface area contributed by atoms with Gasteiger partial charge in [-0.25, -0.2) is 0 Å². The molecule has 0 N–H and O–H groups in total. The third kappa shape index (κ3) is 7.16. The first-order valence-electron chi connectivity index (χ1n) is 6.70. The topological polar surface area (TPSA) is 40.2 Å². The van der Waals surface area contributed by atoms with E-state index in [-0.39, 0.29) is 0 Å². The Morgan fingerprint density at radius 2 is 1.94 bits per heavy atom. The number of ether oxygens (including phenoxy) is 2. The van der Waals surface area contributed by atoms with Gasteiger partial charge in [-0.3, -0.25) is 0 Å². The van der Waals surface area contributed by atoms with E-state index in [2.05, 4.69) is 6.92 Å². The van der Waals surface area contributed by atoms with Gasteiger partial charge >= 0.3 is 9.28 Å². The fraction of sp³-hybridized carbons (Fsp3) is 1.00. The summed E-state index contributed by atoms with van der Waals surface area (Å²) in [4.78, 5) is 0. The summed E-state index contributed by atoms with van der Waals surface area (Å²) in [5.41, 5.74) is 0.552. The molecule has 0 bridgehead atoms. The molecule has 0 radical (unpaired) electrons. The Morgan fingerprint density at radius 3 is 2.47 bits per heavy atom. The summed E-state index contributed by atoms with van der Waals surface area (Å²) in [5, 5.41) is 0. The minimum absolute atomic E-state index is 0.376. The Balaban J connectivity index is 2.01. The van der Waals surface area contributed by atoms with Crippen molar-refractivity contribution in [2.45, 2.75) is 45.3 Å². The first-order chi connectivity index (χ1) is 8.27. The monoisotopic (exact) mass is 262 g/mol. The molecular weight excluding hydrogens is 236 g/mol. The standard InChI is InChI=1S/C12H26O4Si/c1-4-15-17(16-5-2)11(3)7-6-8-13-9-12-10-14-12/h11-12,17H,4-10H2,1-3H3. The van der Waals surface area contributed by atoms with Crippen LogP contribution in [0.15, 0.2) is 0 Å². The fourth-order valence-electron chi connectivity index (χ4n) is 1.73. The van der Waals surface area contributed by atoms with E-state index < -0.39 is 9.28 Å². The molecule has 17 heavy (non-hydrogen) atoms. The lowest BCUT2D eigenvalue weighted by atomic mass is 10.2. The molecule has 0 spiro atoms. The lowest BCUT2D eigenvalue weighted by molar-refractivity contribution is 0.112. The van der Waals surface area contributed by atoms with Gasteiger partial charge in [0.25, 0.3) is 0 Å². The van der Waals surface area contributed by atoms with E-state index in [4.69, 9.17) is 18.3 Å². The van der Waals surface area contributed by atoms with Gasteiger partial charge < -0.3 is 18.3 Å². The van der Waals surface area contributed by atoms with Crippen LogP contribution in [0.3, 0.4) is 0 Å². The van der Waals surface area contributed by atoms with Crippen molar-refractivity contribution in [3.63, 3.8) is 0 Å². The summed E-state index contributed by atoms with van der Waals surface area (Å²) >= 11 is 0. The number of rotatable bonds is 11. The lowest BCUT2D eigenvalue weighted by Crippen LogP contribution is -2.28. The fourth-order valence-corrected chi connectivity index (χ4v) is 3.65. The molecule has 1 saturated heterocycles. The molecule has 0 aromatic carbocycles. The van der Waals surface area contributed by atoms with E-state index in [0.717, 1.165) is 45.9 Å². The molecule has 0 amide bonds. The SMILES string of the molecule is CCO[SiH](OCC)C(C)CCCOCC1CO1. The Kier molecular flexibility index (Phi) is 8.05. The van der Waals surface area contributed by atoms with Crippen molar-refractivity contribution in [3.05, 3.63) is 0 Å². The van der Waals surface area contributed by atoms with E-state index in [9.17, 15) is 0 Å². The largest absolute Gasteiger partial charge is 0.397 e. The van der Waals surface area contributed by atoms with Crippen LogP contribution in [-0.4, -0.2) is 48.4 Å². The van der Waals surface area contributed by atoms with E-state index in [1.54, 1.807) is 0 Å². The predicted octanol–water partition coefficient (Wildman–Crippen LogP) is 1.87. The normalized spacial score (nSPS) is 20.8. The van der Waals surface area contributed by atoms with Gasteiger partial charge in [0.2, 0.25) is 0 Å². The van der Waals surface area contributed by atoms with E-state index in [1.165, 1.54) is 0 Å². The van der Waals surface area contributed by atoms with Crippen LogP contribution in [0, 0.1) is 0 Å². The van der Waals surface area contributed by atoms with Gasteiger partial charge in [0, 0.05) is 19.8 Å². The Hall–Kier alpha value is 0.0569.